The minimum Gasteiger partial charge on any atom is -0.454 e. The quantitative estimate of drug-likeness (QED) is 0.219. The van der Waals surface area contributed by atoms with Crippen LogP contribution in [0.15, 0.2) is 138 Å². The number of benzene rings is 5. The van der Waals surface area contributed by atoms with Gasteiger partial charge in [0.1, 0.15) is 18.2 Å². The van der Waals surface area contributed by atoms with Gasteiger partial charge in [0.15, 0.2) is 6.20 Å². The largest absolute Gasteiger partial charge is 0.454 e. The Bertz CT molecular complexity index is 1950. The van der Waals surface area contributed by atoms with Crippen molar-refractivity contribution in [3.63, 3.8) is 0 Å². The molecule has 0 bridgehead atoms. The molecule has 0 saturated carbocycles. The summed E-state index contributed by atoms with van der Waals surface area (Å²) in [4.78, 5) is 0. The molecular weight excluding hydrogens is 474 g/mol. The number of para-hydroxylation sites is 1. The van der Waals surface area contributed by atoms with E-state index in [4.69, 9.17) is 4.42 Å². The zero-order chi connectivity index (χ0) is 26.3. The Balaban J connectivity index is 1.29. The summed E-state index contributed by atoms with van der Waals surface area (Å²) in [6, 6.07) is 45.2. The molecule has 0 aliphatic heterocycles. The maximum atomic E-state index is 6.72. The van der Waals surface area contributed by atoms with Crippen molar-refractivity contribution in [1.82, 2.24) is 0 Å². The molecule has 0 amide bonds. The fourth-order valence-corrected chi connectivity index (χ4v) is 5.62. The third-order valence-electron chi connectivity index (χ3n) is 7.71. The second kappa shape index (κ2) is 9.41. The molecule has 7 rings (SSSR count). The van der Waals surface area contributed by atoms with Crippen LogP contribution in [0.3, 0.4) is 0 Å². The van der Waals surface area contributed by atoms with Crippen molar-refractivity contribution in [3.05, 3.63) is 139 Å². The first-order valence-corrected chi connectivity index (χ1v) is 13.3. The number of aryl methyl sites for hydroxylation is 2. The Morgan fingerprint density at radius 2 is 1.08 bits per heavy atom. The van der Waals surface area contributed by atoms with Crippen LogP contribution in [-0.4, -0.2) is 0 Å². The standard InChI is InChI=1S/C37H28NO/c1-25-14-23-33-32-12-8-11-31(36(32)39-37(33)35(25)34-13-6-7-24-38(34)2)30-21-19-29(20-22-30)28-17-15-27(16-18-28)26-9-4-3-5-10-26/h3-24H,1-2H3/q+1. The Kier molecular flexibility index (Phi) is 5.60. The topological polar surface area (TPSA) is 17.0 Å². The average molecular weight is 503 g/mol. The summed E-state index contributed by atoms with van der Waals surface area (Å²) in [5.41, 5.74) is 12.5. The first kappa shape index (κ1) is 23.2. The van der Waals surface area contributed by atoms with Crippen molar-refractivity contribution in [2.75, 3.05) is 0 Å². The van der Waals surface area contributed by atoms with E-state index in [0.29, 0.717) is 0 Å². The highest BCUT2D eigenvalue weighted by Gasteiger charge is 2.21. The summed E-state index contributed by atoms with van der Waals surface area (Å²) in [6.45, 7) is 2.15. The van der Waals surface area contributed by atoms with E-state index >= 15 is 0 Å². The number of pyridine rings is 1. The SMILES string of the molecule is Cc1ccc2c(oc3c(-c4ccc(-c5ccc(-c6ccccc6)cc5)cc4)cccc32)c1-c1cccc[n+]1C. The molecule has 2 heterocycles. The molecule has 0 aliphatic carbocycles. The highest BCUT2D eigenvalue weighted by atomic mass is 16.3. The minimum atomic E-state index is 0.929. The predicted molar refractivity (Wildman–Crippen MR) is 161 cm³/mol. The van der Waals surface area contributed by atoms with Gasteiger partial charge in [-0.25, -0.2) is 4.57 Å². The van der Waals surface area contributed by atoms with Gasteiger partial charge in [-0.1, -0.05) is 109 Å². The molecule has 0 saturated heterocycles. The van der Waals surface area contributed by atoms with Gasteiger partial charge >= 0.3 is 0 Å². The molecule has 0 N–H and O–H groups in total. The Morgan fingerprint density at radius 1 is 0.487 bits per heavy atom. The van der Waals surface area contributed by atoms with Crippen LogP contribution in [0.2, 0.25) is 0 Å². The normalized spacial score (nSPS) is 11.3. The highest BCUT2D eigenvalue weighted by molar-refractivity contribution is 6.13. The molecule has 2 aromatic heterocycles. The predicted octanol–water partition coefficient (Wildman–Crippen LogP) is 9.39. The van der Waals surface area contributed by atoms with Gasteiger partial charge in [0.2, 0.25) is 5.69 Å². The molecule has 2 nitrogen and oxygen atoms in total. The van der Waals surface area contributed by atoms with Crippen LogP contribution in [0.5, 0.6) is 0 Å². The summed E-state index contributed by atoms with van der Waals surface area (Å²) >= 11 is 0. The molecule has 39 heavy (non-hydrogen) atoms. The Hall–Kier alpha value is -4.95. The maximum absolute atomic E-state index is 6.72. The van der Waals surface area contributed by atoms with Crippen molar-refractivity contribution in [3.8, 4) is 44.6 Å². The number of furan rings is 1. The number of nitrogens with zero attached hydrogens (tertiary/aromatic N) is 1. The van der Waals surface area contributed by atoms with Gasteiger partial charge in [0.25, 0.3) is 0 Å². The lowest BCUT2D eigenvalue weighted by Crippen LogP contribution is -2.30. The van der Waals surface area contributed by atoms with Gasteiger partial charge in [-0.3, -0.25) is 0 Å². The summed E-state index contributed by atoms with van der Waals surface area (Å²) in [7, 11) is 2.08. The molecule has 0 radical (unpaired) electrons. The monoisotopic (exact) mass is 502 g/mol. The molecule has 0 spiro atoms. The van der Waals surface area contributed by atoms with Crippen LogP contribution in [0.25, 0.3) is 66.6 Å². The molecule has 0 atom stereocenters. The van der Waals surface area contributed by atoms with Crippen LogP contribution in [-0.2, 0) is 7.05 Å². The van der Waals surface area contributed by atoms with E-state index in [0.717, 1.165) is 44.3 Å². The van der Waals surface area contributed by atoms with Gasteiger partial charge in [0, 0.05) is 28.5 Å². The fraction of sp³-hybridized carbons (Fsp3) is 0.0541. The van der Waals surface area contributed by atoms with E-state index in [1.165, 1.54) is 27.8 Å². The molecule has 2 heteroatoms. The summed E-state index contributed by atoms with van der Waals surface area (Å²) in [5, 5.41) is 2.29. The molecule has 0 fully saturated rings. The number of fused-ring (bicyclic) bond motifs is 3. The van der Waals surface area contributed by atoms with Gasteiger partial charge in [-0.15, -0.1) is 0 Å². The van der Waals surface area contributed by atoms with E-state index in [1.54, 1.807) is 0 Å². The van der Waals surface area contributed by atoms with Gasteiger partial charge in [0.05, 0.1) is 5.56 Å². The van der Waals surface area contributed by atoms with Crippen molar-refractivity contribution in [1.29, 1.82) is 0 Å². The smallest absolute Gasteiger partial charge is 0.216 e. The lowest BCUT2D eigenvalue weighted by atomic mass is 9.97. The molecule has 0 unspecified atom stereocenters. The third kappa shape index (κ3) is 4.02. The zero-order valence-corrected chi connectivity index (χ0v) is 22.1. The van der Waals surface area contributed by atoms with E-state index < -0.39 is 0 Å². The molecule has 7 aromatic rings. The molecule has 5 aromatic carbocycles. The second-order valence-corrected chi connectivity index (χ2v) is 10.1. The van der Waals surface area contributed by atoms with Gasteiger partial charge in [-0.2, -0.15) is 0 Å². The van der Waals surface area contributed by atoms with Crippen LogP contribution in [0.4, 0.5) is 0 Å². The van der Waals surface area contributed by atoms with Crippen molar-refractivity contribution >= 4 is 21.9 Å². The first-order chi connectivity index (χ1) is 19.2. The van der Waals surface area contributed by atoms with Crippen LogP contribution >= 0.6 is 0 Å². The number of aromatic nitrogens is 1. The molecule has 0 aliphatic rings. The lowest BCUT2D eigenvalue weighted by molar-refractivity contribution is -0.660. The zero-order valence-electron chi connectivity index (χ0n) is 22.1. The second-order valence-electron chi connectivity index (χ2n) is 10.1. The van der Waals surface area contributed by atoms with Gasteiger partial charge < -0.3 is 4.42 Å². The van der Waals surface area contributed by atoms with Crippen molar-refractivity contribution in [2.24, 2.45) is 7.05 Å². The van der Waals surface area contributed by atoms with Crippen molar-refractivity contribution in [2.45, 2.75) is 6.92 Å². The fourth-order valence-electron chi connectivity index (χ4n) is 5.62. The summed E-state index contributed by atoms with van der Waals surface area (Å²) in [5.74, 6) is 0. The van der Waals surface area contributed by atoms with E-state index in [1.807, 2.05) is 0 Å². The highest BCUT2D eigenvalue weighted by Crippen LogP contribution is 2.40. The summed E-state index contributed by atoms with van der Waals surface area (Å²) < 4.78 is 8.87. The third-order valence-corrected chi connectivity index (χ3v) is 7.71. The molecular formula is C37H28NO+. The maximum Gasteiger partial charge on any atom is 0.216 e. The summed E-state index contributed by atoms with van der Waals surface area (Å²) in [6.07, 6.45) is 2.08. The van der Waals surface area contributed by atoms with E-state index in [-0.39, 0.29) is 0 Å². The Morgan fingerprint density at radius 3 is 1.74 bits per heavy atom. The van der Waals surface area contributed by atoms with E-state index in [2.05, 4.69) is 152 Å². The van der Waals surface area contributed by atoms with Crippen LogP contribution < -0.4 is 4.57 Å². The Labute approximate surface area is 228 Å². The number of rotatable bonds is 4. The molecule has 186 valence electrons. The number of hydrogen-bond donors (Lipinski definition) is 0. The van der Waals surface area contributed by atoms with Gasteiger partial charge in [-0.05, 0) is 46.4 Å². The van der Waals surface area contributed by atoms with Crippen LogP contribution in [0, 0.1) is 6.92 Å². The lowest BCUT2D eigenvalue weighted by Gasteiger charge is -2.07. The van der Waals surface area contributed by atoms with E-state index in [9.17, 15) is 0 Å². The van der Waals surface area contributed by atoms with Crippen molar-refractivity contribution < 1.29 is 8.98 Å². The first-order valence-electron chi connectivity index (χ1n) is 13.3. The number of hydrogen-bond acceptors (Lipinski definition) is 1. The minimum absolute atomic E-state index is 0.929. The van der Waals surface area contributed by atoms with Crippen LogP contribution in [0.1, 0.15) is 5.56 Å². The average Bonchev–Trinajstić information content (AvgIpc) is 3.37.